The molecule has 0 atom stereocenters. The average Bonchev–Trinajstić information content (AvgIpc) is 3.51. The van der Waals surface area contributed by atoms with Crippen LogP contribution in [-0.4, -0.2) is 47.1 Å². The van der Waals surface area contributed by atoms with Gasteiger partial charge in [0.25, 0.3) is 0 Å². The Kier molecular flexibility index (Phi) is 6.53. The Morgan fingerprint density at radius 1 is 1.09 bits per heavy atom. The van der Waals surface area contributed by atoms with Gasteiger partial charge in [0, 0.05) is 37.8 Å². The lowest BCUT2D eigenvalue weighted by atomic mass is 9.96. The summed E-state index contributed by atoms with van der Waals surface area (Å²) in [5, 5.41) is 3.58. The first-order chi connectivity index (χ1) is 16.9. The zero-order valence-corrected chi connectivity index (χ0v) is 19.3. The lowest BCUT2D eigenvalue weighted by Crippen LogP contribution is -2.45. The summed E-state index contributed by atoms with van der Waals surface area (Å²) in [5.74, 6) is 2.31. The highest BCUT2D eigenvalue weighted by atomic mass is 19.4. The Labute approximate surface area is 201 Å². The van der Waals surface area contributed by atoms with Gasteiger partial charge in [0.2, 0.25) is 0 Å². The Bertz CT molecular complexity index is 1160. The third kappa shape index (κ3) is 5.68. The molecule has 35 heavy (non-hydrogen) atoms. The summed E-state index contributed by atoms with van der Waals surface area (Å²) in [6.07, 6.45) is 2.70. The molecule has 1 saturated carbocycles. The molecule has 2 fully saturated rings. The van der Waals surface area contributed by atoms with E-state index in [0.717, 1.165) is 57.1 Å². The van der Waals surface area contributed by atoms with Crippen molar-refractivity contribution in [1.29, 1.82) is 0 Å². The van der Waals surface area contributed by atoms with Crippen LogP contribution in [0.25, 0.3) is 10.9 Å². The zero-order chi connectivity index (χ0) is 24.4. The first-order valence-corrected chi connectivity index (χ1v) is 12.0. The molecule has 7 nitrogen and oxygen atoms in total. The van der Waals surface area contributed by atoms with Gasteiger partial charge in [0.05, 0.1) is 18.3 Å². The van der Waals surface area contributed by atoms with E-state index in [0.29, 0.717) is 36.1 Å². The first kappa shape index (κ1) is 23.4. The van der Waals surface area contributed by atoms with Crippen LogP contribution in [0.2, 0.25) is 0 Å². The van der Waals surface area contributed by atoms with E-state index >= 15 is 0 Å². The largest absolute Gasteiger partial charge is 0.467 e. The number of halogens is 3. The molecular formula is C25H28F3N5O2. The van der Waals surface area contributed by atoms with Gasteiger partial charge in [-0.1, -0.05) is 0 Å². The molecule has 1 aliphatic heterocycles. The van der Waals surface area contributed by atoms with Crippen molar-refractivity contribution in [3.8, 4) is 0 Å². The van der Waals surface area contributed by atoms with Crippen LogP contribution in [0.1, 0.15) is 37.1 Å². The molecule has 0 spiro atoms. The highest BCUT2D eigenvalue weighted by molar-refractivity contribution is 5.89. The van der Waals surface area contributed by atoms with E-state index in [2.05, 4.69) is 20.2 Å². The van der Waals surface area contributed by atoms with Crippen LogP contribution in [0.15, 0.2) is 47.2 Å². The molecule has 10 heteroatoms. The van der Waals surface area contributed by atoms with Gasteiger partial charge in [-0.05, 0) is 67.9 Å². The van der Waals surface area contributed by atoms with E-state index in [1.54, 1.807) is 12.3 Å². The van der Waals surface area contributed by atoms with Crippen molar-refractivity contribution in [1.82, 2.24) is 20.2 Å². The molecule has 0 radical (unpaired) electrons. The minimum Gasteiger partial charge on any atom is -0.467 e. The molecular weight excluding hydrogens is 459 g/mol. The SMILES string of the molecule is O=C(NCc1ccco1)N(CC1CC1)CC1CCN(c2nccc3nc(C(F)(F)F)ccc23)CC1. The van der Waals surface area contributed by atoms with Gasteiger partial charge in [0.1, 0.15) is 17.3 Å². The van der Waals surface area contributed by atoms with Crippen molar-refractivity contribution in [3.63, 3.8) is 0 Å². The summed E-state index contributed by atoms with van der Waals surface area (Å²) in [4.78, 5) is 25.2. The summed E-state index contributed by atoms with van der Waals surface area (Å²) in [7, 11) is 0. The highest BCUT2D eigenvalue weighted by Gasteiger charge is 2.33. The lowest BCUT2D eigenvalue weighted by molar-refractivity contribution is -0.140. The number of aromatic nitrogens is 2. The molecule has 1 saturated heterocycles. The third-order valence-electron chi connectivity index (χ3n) is 6.73. The van der Waals surface area contributed by atoms with Crippen molar-refractivity contribution in [2.75, 3.05) is 31.1 Å². The second-order valence-corrected chi connectivity index (χ2v) is 9.41. The van der Waals surface area contributed by atoms with Crippen LogP contribution in [0.5, 0.6) is 0 Å². The topological polar surface area (TPSA) is 74.5 Å². The van der Waals surface area contributed by atoms with Crippen molar-refractivity contribution in [3.05, 3.63) is 54.2 Å². The van der Waals surface area contributed by atoms with Crippen LogP contribution in [0.4, 0.5) is 23.8 Å². The van der Waals surface area contributed by atoms with Gasteiger partial charge in [-0.3, -0.25) is 0 Å². The second kappa shape index (κ2) is 9.75. The second-order valence-electron chi connectivity index (χ2n) is 9.41. The average molecular weight is 488 g/mol. The van der Waals surface area contributed by atoms with Crippen LogP contribution in [0, 0.1) is 11.8 Å². The van der Waals surface area contributed by atoms with E-state index < -0.39 is 11.9 Å². The molecule has 0 unspecified atom stereocenters. The fourth-order valence-corrected chi connectivity index (χ4v) is 4.63. The number of piperidine rings is 1. The van der Waals surface area contributed by atoms with Crippen molar-refractivity contribution < 1.29 is 22.4 Å². The molecule has 3 aromatic rings. The fraction of sp³-hybridized carbons (Fsp3) is 0.480. The molecule has 1 N–H and O–H groups in total. The van der Waals surface area contributed by atoms with E-state index in [1.165, 1.54) is 18.3 Å². The first-order valence-electron chi connectivity index (χ1n) is 12.0. The summed E-state index contributed by atoms with van der Waals surface area (Å²) in [6, 6.07) is 7.54. The van der Waals surface area contributed by atoms with Gasteiger partial charge in [-0.15, -0.1) is 0 Å². The molecule has 0 aromatic carbocycles. The number of anilines is 1. The number of hydrogen-bond donors (Lipinski definition) is 1. The normalized spacial score (nSPS) is 17.1. The standard InChI is InChI=1S/C25H28F3N5O2/c26-25(27,28)22-6-5-20-21(31-22)7-10-29-23(20)32-11-8-18(9-12-32)16-33(15-17-3-4-17)24(34)30-14-19-2-1-13-35-19/h1-2,5-7,10,13,17-18H,3-4,8-9,11-12,14-16H2,(H,30,34). The molecule has 0 bridgehead atoms. The number of rotatable bonds is 7. The number of hydrogen-bond acceptors (Lipinski definition) is 5. The number of nitrogens with zero attached hydrogens (tertiary/aromatic N) is 4. The maximum absolute atomic E-state index is 13.1. The lowest BCUT2D eigenvalue weighted by Gasteiger charge is -2.36. The van der Waals surface area contributed by atoms with Crippen molar-refractivity contribution >= 4 is 22.8 Å². The van der Waals surface area contributed by atoms with Crippen molar-refractivity contribution in [2.45, 2.75) is 38.4 Å². The third-order valence-corrected chi connectivity index (χ3v) is 6.73. The molecule has 3 aromatic heterocycles. The summed E-state index contributed by atoms with van der Waals surface area (Å²) >= 11 is 0. The van der Waals surface area contributed by atoms with E-state index in [4.69, 9.17) is 4.42 Å². The maximum atomic E-state index is 13.1. The van der Waals surface area contributed by atoms with Crippen molar-refractivity contribution in [2.24, 2.45) is 11.8 Å². The maximum Gasteiger partial charge on any atom is 0.433 e. The fourth-order valence-electron chi connectivity index (χ4n) is 4.63. The zero-order valence-electron chi connectivity index (χ0n) is 19.3. The summed E-state index contributed by atoms with van der Waals surface area (Å²) in [5.41, 5.74) is -0.613. The quantitative estimate of drug-likeness (QED) is 0.503. The number of furan rings is 1. The van der Waals surface area contributed by atoms with Gasteiger partial charge in [-0.25, -0.2) is 14.8 Å². The number of amides is 2. The Balaban J connectivity index is 1.21. The Morgan fingerprint density at radius 2 is 1.83 bits per heavy atom. The molecule has 5 rings (SSSR count). The smallest absolute Gasteiger partial charge is 0.433 e. The van der Waals surface area contributed by atoms with Gasteiger partial charge in [-0.2, -0.15) is 13.2 Å². The number of fused-ring (bicyclic) bond motifs is 1. The molecule has 1 aliphatic carbocycles. The highest BCUT2D eigenvalue weighted by Crippen LogP contribution is 2.33. The van der Waals surface area contributed by atoms with E-state index in [1.807, 2.05) is 11.0 Å². The van der Waals surface area contributed by atoms with Crippen LogP contribution in [-0.2, 0) is 12.7 Å². The number of carbonyl (C=O) groups is 1. The van der Waals surface area contributed by atoms with E-state index in [-0.39, 0.29) is 11.5 Å². The minimum absolute atomic E-state index is 0.0713. The summed E-state index contributed by atoms with van der Waals surface area (Å²) < 4.78 is 44.5. The predicted molar refractivity (Wildman–Crippen MR) is 125 cm³/mol. The van der Waals surface area contributed by atoms with Crippen LogP contribution < -0.4 is 10.2 Å². The number of carbonyl (C=O) groups excluding carboxylic acids is 1. The van der Waals surface area contributed by atoms with Gasteiger partial charge < -0.3 is 19.5 Å². The Hall–Kier alpha value is -3.30. The number of nitrogens with one attached hydrogen (secondary N) is 1. The van der Waals surface area contributed by atoms with Gasteiger partial charge >= 0.3 is 12.2 Å². The monoisotopic (exact) mass is 487 g/mol. The van der Waals surface area contributed by atoms with E-state index in [9.17, 15) is 18.0 Å². The molecule has 4 heterocycles. The molecule has 186 valence electrons. The number of pyridine rings is 2. The minimum atomic E-state index is -4.48. The molecule has 2 aliphatic rings. The Morgan fingerprint density at radius 3 is 2.49 bits per heavy atom. The predicted octanol–water partition coefficient (Wildman–Crippen LogP) is 5.08. The molecule has 2 amide bonds. The number of urea groups is 1. The number of alkyl halides is 3. The van der Waals surface area contributed by atoms with Crippen LogP contribution in [0.3, 0.4) is 0 Å². The van der Waals surface area contributed by atoms with Crippen LogP contribution >= 0.6 is 0 Å². The summed E-state index contributed by atoms with van der Waals surface area (Å²) in [6.45, 7) is 3.27. The van der Waals surface area contributed by atoms with Gasteiger partial charge in [0.15, 0.2) is 0 Å².